The van der Waals surface area contributed by atoms with Crippen LogP contribution in [-0.4, -0.2) is 45.7 Å². The van der Waals surface area contributed by atoms with E-state index < -0.39 is 24.6 Å². The molecule has 1 heterocycles. The first-order valence-electron chi connectivity index (χ1n) is 2.97. The monoisotopic (exact) mass is 166 g/mol. The van der Waals surface area contributed by atoms with Gasteiger partial charge in [0.2, 0.25) is 0 Å². The first kappa shape index (κ1) is 8.29. The van der Waals surface area contributed by atoms with E-state index in [2.05, 4.69) is 12.6 Å². The van der Waals surface area contributed by atoms with Crippen LogP contribution in [-0.2, 0) is 4.74 Å². The van der Waals surface area contributed by atoms with Gasteiger partial charge in [-0.2, -0.15) is 12.6 Å². The summed E-state index contributed by atoms with van der Waals surface area (Å²) < 4.78 is 4.71. The predicted octanol–water partition coefficient (Wildman–Crippen LogP) is -1.64. The molecule has 1 aliphatic heterocycles. The van der Waals surface area contributed by atoms with Crippen molar-refractivity contribution in [1.29, 1.82) is 0 Å². The average Bonchev–Trinajstić information content (AvgIpc) is 2.17. The largest absolute Gasteiger partial charge is 0.387 e. The zero-order chi connectivity index (χ0) is 7.72. The molecule has 0 spiro atoms. The Morgan fingerprint density at radius 1 is 1.20 bits per heavy atom. The summed E-state index contributed by atoms with van der Waals surface area (Å²) >= 11 is 3.85. The molecule has 1 fully saturated rings. The Labute approximate surface area is 63.8 Å². The highest BCUT2D eigenvalue weighted by atomic mass is 32.1. The van der Waals surface area contributed by atoms with E-state index in [1.807, 2.05) is 0 Å². The van der Waals surface area contributed by atoms with Crippen molar-refractivity contribution in [3.63, 3.8) is 0 Å². The molecule has 1 saturated heterocycles. The van der Waals surface area contributed by atoms with Gasteiger partial charge < -0.3 is 20.1 Å². The van der Waals surface area contributed by atoms with Crippen molar-refractivity contribution in [3.05, 3.63) is 0 Å². The molecule has 4 nitrogen and oxygen atoms in total. The van der Waals surface area contributed by atoms with E-state index >= 15 is 0 Å². The Morgan fingerprint density at radius 3 is 2.00 bits per heavy atom. The summed E-state index contributed by atoms with van der Waals surface area (Å²) in [6.45, 7) is 0. The molecule has 0 saturated carbocycles. The van der Waals surface area contributed by atoms with E-state index in [1.165, 1.54) is 0 Å². The molecule has 0 aromatic carbocycles. The zero-order valence-corrected chi connectivity index (χ0v) is 6.11. The molecule has 0 amide bonds. The average molecular weight is 166 g/mol. The van der Waals surface area contributed by atoms with E-state index in [-0.39, 0.29) is 5.75 Å². The Bertz CT molecular complexity index is 120. The third-order valence-corrected chi connectivity index (χ3v) is 1.88. The van der Waals surface area contributed by atoms with Crippen molar-refractivity contribution >= 4 is 12.6 Å². The van der Waals surface area contributed by atoms with Gasteiger partial charge in [-0.3, -0.25) is 0 Å². The number of ether oxygens (including phenoxy) is 1. The fourth-order valence-corrected chi connectivity index (χ4v) is 1.18. The molecule has 10 heavy (non-hydrogen) atoms. The van der Waals surface area contributed by atoms with Gasteiger partial charge in [0.05, 0.1) is 6.10 Å². The van der Waals surface area contributed by atoms with Crippen LogP contribution < -0.4 is 0 Å². The van der Waals surface area contributed by atoms with E-state index in [4.69, 9.17) is 20.1 Å². The first-order valence-corrected chi connectivity index (χ1v) is 3.60. The molecular weight excluding hydrogens is 156 g/mol. The van der Waals surface area contributed by atoms with Crippen molar-refractivity contribution in [1.82, 2.24) is 0 Å². The molecule has 0 aromatic heterocycles. The molecule has 0 bridgehead atoms. The second-order valence-electron chi connectivity index (χ2n) is 2.23. The molecule has 4 atom stereocenters. The van der Waals surface area contributed by atoms with Crippen LogP contribution in [0.5, 0.6) is 0 Å². The topological polar surface area (TPSA) is 69.9 Å². The lowest BCUT2D eigenvalue weighted by atomic mass is 10.2. The Balaban J connectivity index is 2.53. The Kier molecular flexibility index (Phi) is 2.54. The maximum absolute atomic E-state index is 9.04. The SMILES string of the molecule is O[C@@H]1[C@H](O)[C@@H](CS)O[C@H]1O. The van der Waals surface area contributed by atoms with Crippen LogP contribution in [0.4, 0.5) is 0 Å². The Hall–Kier alpha value is 0.190. The summed E-state index contributed by atoms with van der Waals surface area (Å²) in [5, 5.41) is 26.8. The molecular formula is C5H10O4S. The molecule has 0 aliphatic carbocycles. The van der Waals surface area contributed by atoms with Gasteiger partial charge in [-0.15, -0.1) is 0 Å². The van der Waals surface area contributed by atoms with Gasteiger partial charge in [0, 0.05) is 5.75 Å². The molecule has 60 valence electrons. The predicted molar refractivity (Wildman–Crippen MR) is 36.7 cm³/mol. The summed E-state index contributed by atoms with van der Waals surface area (Å²) in [6.07, 6.45) is -4.05. The minimum atomic E-state index is -1.27. The number of rotatable bonds is 1. The highest BCUT2D eigenvalue weighted by Gasteiger charge is 2.40. The highest BCUT2D eigenvalue weighted by Crippen LogP contribution is 2.19. The fourth-order valence-electron chi connectivity index (χ4n) is 0.880. The van der Waals surface area contributed by atoms with E-state index in [0.717, 1.165) is 0 Å². The summed E-state index contributed by atoms with van der Waals surface area (Å²) in [5.41, 5.74) is 0. The van der Waals surface area contributed by atoms with Gasteiger partial charge in [-0.25, -0.2) is 0 Å². The van der Waals surface area contributed by atoms with Crippen LogP contribution in [0.2, 0.25) is 0 Å². The molecule has 1 rings (SSSR count). The summed E-state index contributed by atoms with van der Waals surface area (Å²) in [5.74, 6) is 0.287. The van der Waals surface area contributed by atoms with Crippen LogP contribution in [0.15, 0.2) is 0 Å². The van der Waals surface area contributed by atoms with Crippen LogP contribution >= 0.6 is 12.6 Å². The lowest BCUT2D eigenvalue weighted by Crippen LogP contribution is -2.32. The highest BCUT2D eigenvalue weighted by molar-refractivity contribution is 7.80. The fraction of sp³-hybridized carbons (Fsp3) is 1.00. The molecule has 0 unspecified atom stereocenters. The van der Waals surface area contributed by atoms with Gasteiger partial charge in [0.1, 0.15) is 12.2 Å². The summed E-state index contributed by atoms with van der Waals surface area (Å²) in [4.78, 5) is 0. The van der Waals surface area contributed by atoms with E-state index in [9.17, 15) is 0 Å². The van der Waals surface area contributed by atoms with Crippen molar-refractivity contribution < 1.29 is 20.1 Å². The zero-order valence-electron chi connectivity index (χ0n) is 5.21. The molecule has 5 heteroatoms. The standard InChI is InChI=1S/C5H10O4S/c6-3-2(1-10)9-5(8)4(3)7/h2-8,10H,1H2/t2-,3-,4-,5-/m1/s1. The molecule has 1 aliphatic rings. The first-order chi connectivity index (χ1) is 4.66. The number of hydrogen-bond acceptors (Lipinski definition) is 5. The summed E-state index contributed by atoms with van der Waals surface area (Å²) in [7, 11) is 0. The maximum atomic E-state index is 9.04. The Morgan fingerprint density at radius 2 is 1.80 bits per heavy atom. The second-order valence-corrected chi connectivity index (χ2v) is 2.59. The van der Waals surface area contributed by atoms with Gasteiger partial charge in [0.15, 0.2) is 6.29 Å². The lowest BCUT2D eigenvalue weighted by Gasteiger charge is -2.09. The quantitative estimate of drug-likeness (QED) is 0.352. The second kappa shape index (κ2) is 3.06. The van der Waals surface area contributed by atoms with Crippen molar-refractivity contribution in [2.45, 2.75) is 24.6 Å². The normalized spacial score (nSPS) is 48.0. The van der Waals surface area contributed by atoms with Crippen LogP contribution in [0.25, 0.3) is 0 Å². The molecule has 0 aromatic rings. The van der Waals surface area contributed by atoms with Gasteiger partial charge in [0.25, 0.3) is 0 Å². The van der Waals surface area contributed by atoms with E-state index in [0.29, 0.717) is 0 Å². The minimum Gasteiger partial charge on any atom is -0.387 e. The smallest absolute Gasteiger partial charge is 0.183 e. The van der Waals surface area contributed by atoms with Crippen molar-refractivity contribution in [3.8, 4) is 0 Å². The van der Waals surface area contributed by atoms with Crippen LogP contribution in [0.3, 0.4) is 0 Å². The van der Waals surface area contributed by atoms with E-state index in [1.54, 1.807) is 0 Å². The minimum absolute atomic E-state index is 0.287. The number of hydrogen-bond donors (Lipinski definition) is 4. The number of aliphatic hydroxyl groups is 3. The molecule has 3 N–H and O–H groups in total. The molecule has 0 radical (unpaired) electrons. The summed E-state index contributed by atoms with van der Waals surface area (Å²) in [6, 6.07) is 0. The third-order valence-electron chi connectivity index (χ3n) is 1.52. The van der Waals surface area contributed by atoms with Gasteiger partial charge in [-0.1, -0.05) is 0 Å². The lowest BCUT2D eigenvalue weighted by molar-refractivity contribution is -0.123. The van der Waals surface area contributed by atoms with Crippen LogP contribution in [0, 0.1) is 0 Å². The van der Waals surface area contributed by atoms with Crippen molar-refractivity contribution in [2.75, 3.05) is 5.75 Å². The number of aliphatic hydroxyl groups excluding tert-OH is 3. The van der Waals surface area contributed by atoms with Gasteiger partial charge in [-0.05, 0) is 0 Å². The number of thiol groups is 1. The van der Waals surface area contributed by atoms with Crippen LogP contribution in [0.1, 0.15) is 0 Å². The third kappa shape index (κ3) is 1.28. The van der Waals surface area contributed by atoms with Crippen molar-refractivity contribution in [2.24, 2.45) is 0 Å². The maximum Gasteiger partial charge on any atom is 0.183 e. The van der Waals surface area contributed by atoms with Gasteiger partial charge >= 0.3 is 0 Å².